The number of nitrogens with zero attached hydrogens (tertiary/aromatic N) is 1. The minimum atomic E-state index is -3.83. The van der Waals surface area contributed by atoms with Crippen LogP contribution in [0.4, 0.5) is 5.69 Å². The van der Waals surface area contributed by atoms with Gasteiger partial charge < -0.3 is 5.11 Å². The average Bonchev–Trinajstić information content (AvgIpc) is 2.39. The van der Waals surface area contributed by atoms with Crippen LogP contribution in [-0.4, -0.2) is 13.3 Å². The van der Waals surface area contributed by atoms with Gasteiger partial charge in [0.1, 0.15) is 0 Å². The average molecular weight is 278 g/mol. The van der Waals surface area contributed by atoms with Crippen molar-refractivity contribution in [2.75, 3.05) is 0 Å². The molecule has 0 N–H and O–H groups in total. The summed E-state index contributed by atoms with van der Waals surface area (Å²) in [6.45, 7) is 0. The summed E-state index contributed by atoms with van der Waals surface area (Å²) in [5, 5.41) is 22.0. The number of sulfone groups is 1. The van der Waals surface area contributed by atoms with Crippen molar-refractivity contribution in [1.29, 1.82) is 0 Å². The number of hydrogen-bond donors (Lipinski definition) is 0. The molecule has 0 aliphatic heterocycles. The second-order valence-electron chi connectivity index (χ2n) is 3.70. The first-order valence-corrected chi connectivity index (χ1v) is 6.67. The van der Waals surface area contributed by atoms with Crippen molar-refractivity contribution in [1.82, 2.24) is 0 Å². The SMILES string of the molecule is O=[N+]([O-])c1ccc(S(=O)(=O)c2ccccc2)cc1[O-]. The smallest absolute Gasteiger partial charge is 0.261 e. The predicted molar refractivity (Wildman–Crippen MR) is 64.4 cm³/mol. The fourth-order valence-corrected chi connectivity index (χ4v) is 2.85. The van der Waals surface area contributed by atoms with E-state index in [0.29, 0.717) is 0 Å². The Kier molecular flexibility index (Phi) is 3.22. The molecule has 0 amide bonds. The number of benzene rings is 2. The second kappa shape index (κ2) is 4.69. The molecule has 0 atom stereocenters. The molecule has 0 aromatic heterocycles. The van der Waals surface area contributed by atoms with Crippen LogP contribution in [0.15, 0.2) is 58.3 Å². The van der Waals surface area contributed by atoms with E-state index in [-0.39, 0.29) is 9.79 Å². The van der Waals surface area contributed by atoms with Crippen LogP contribution in [0.5, 0.6) is 5.75 Å². The molecule has 0 bridgehead atoms. The summed E-state index contributed by atoms with van der Waals surface area (Å²) in [5.41, 5.74) is -0.646. The Balaban J connectivity index is 2.54. The Morgan fingerprint density at radius 3 is 2.11 bits per heavy atom. The molecule has 0 aliphatic carbocycles. The van der Waals surface area contributed by atoms with Crippen LogP contribution in [0.1, 0.15) is 0 Å². The number of rotatable bonds is 3. The highest BCUT2D eigenvalue weighted by atomic mass is 32.2. The molecular formula is C12H8NO5S-. The van der Waals surface area contributed by atoms with Gasteiger partial charge >= 0.3 is 0 Å². The lowest BCUT2D eigenvalue weighted by Gasteiger charge is -2.09. The third kappa shape index (κ3) is 2.41. The van der Waals surface area contributed by atoms with Gasteiger partial charge in [0.25, 0.3) is 5.69 Å². The van der Waals surface area contributed by atoms with Crippen LogP contribution >= 0.6 is 0 Å². The summed E-state index contributed by atoms with van der Waals surface area (Å²) in [6, 6.07) is 10.3. The zero-order chi connectivity index (χ0) is 14.0. The van der Waals surface area contributed by atoms with Crippen molar-refractivity contribution in [3.63, 3.8) is 0 Å². The van der Waals surface area contributed by atoms with Crippen LogP contribution in [0.25, 0.3) is 0 Å². The molecule has 2 rings (SSSR count). The highest BCUT2D eigenvalue weighted by molar-refractivity contribution is 7.91. The van der Waals surface area contributed by atoms with Crippen molar-refractivity contribution in [3.05, 3.63) is 58.6 Å². The lowest BCUT2D eigenvalue weighted by atomic mass is 10.3. The van der Waals surface area contributed by atoms with Gasteiger partial charge in [-0.3, -0.25) is 10.1 Å². The molecule has 0 fully saturated rings. The fraction of sp³-hybridized carbons (Fsp3) is 0. The molecule has 0 spiro atoms. The molecule has 0 saturated heterocycles. The Morgan fingerprint density at radius 2 is 1.58 bits per heavy atom. The Bertz CT molecular complexity index is 725. The van der Waals surface area contributed by atoms with Gasteiger partial charge in [-0.25, -0.2) is 8.42 Å². The van der Waals surface area contributed by atoms with E-state index in [1.54, 1.807) is 18.2 Å². The Hall–Kier alpha value is -2.41. The molecule has 19 heavy (non-hydrogen) atoms. The zero-order valence-electron chi connectivity index (χ0n) is 9.52. The molecule has 0 radical (unpaired) electrons. The van der Waals surface area contributed by atoms with Crippen molar-refractivity contribution in [2.24, 2.45) is 0 Å². The van der Waals surface area contributed by atoms with E-state index in [0.717, 1.165) is 18.2 Å². The minimum Gasteiger partial charge on any atom is -0.868 e. The highest BCUT2D eigenvalue weighted by Gasteiger charge is 2.19. The first-order chi connectivity index (χ1) is 8.93. The van der Waals surface area contributed by atoms with Crippen LogP contribution in [0, 0.1) is 10.1 Å². The van der Waals surface area contributed by atoms with Crippen molar-refractivity contribution in [2.45, 2.75) is 9.79 Å². The van der Waals surface area contributed by atoms with E-state index in [4.69, 9.17) is 0 Å². The molecule has 0 unspecified atom stereocenters. The Morgan fingerprint density at radius 1 is 0.947 bits per heavy atom. The third-order valence-electron chi connectivity index (χ3n) is 2.49. The van der Waals surface area contributed by atoms with Crippen molar-refractivity contribution < 1.29 is 18.4 Å². The largest absolute Gasteiger partial charge is 0.868 e. The molecule has 2 aromatic carbocycles. The standard InChI is InChI=1S/C12H9NO5S/c14-12-8-10(6-7-11(12)13(15)16)19(17,18)9-4-2-1-3-5-9/h1-8,14H/p-1. The molecule has 98 valence electrons. The Labute approximate surface area is 109 Å². The summed E-state index contributed by atoms with van der Waals surface area (Å²) in [5.74, 6) is -0.929. The minimum absolute atomic E-state index is 0.0308. The predicted octanol–water partition coefficient (Wildman–Crippen LogP) is 1.50. The molecule has 2 aromatic rings. The summed E-state index contributed by atoms with van der Waals surface area (Å²) in [6.07, 6.45) is 0. The van der Waals surface area contributed by atoms with Gasteiger partial charge in [-0.05, 0) is 30.0 Å². The first-order valence-electron chi connectivity index (χ1n) is 5.18. The zero-order valence-corrected chi connectivity index (χ0v) is 10.3. The van der Waals surface area contributed by atoms with E-state index in [2.05, 4.69) is 0 Å². The molecule has 6 nitrogen and oxygen atoms in total. The summed E-state index contributed by atoms with van der Waals surface area (Å²) in [4.78, 5) is 9.44. The van der Waals surface area contributed by atoms with Gasteiger partial charge in [0.2, 0.25) is 9.84 Å². The van der Waals surface area contributed by atoms with Gasteiger partial charge in [0.15, 0.2) is 0 Å². The van der Waals surface area contributed by atoms with Gasteiger partial charge in [0.05, 0.1) is 14.7 Å². The van der Waals surface area contributed by atoms with E-state index in [1.165, 1.54) is 12.1 Å². The van der Waals surface area contributed by atoms with E-state index in [1.807, 2.05) is 0 Å². The maximum absolute atomic E-state index is 12.2. The van der Waals surface area contributed by atoms with Gasteiger partial charge in [-0.1, -0.05) is 18.2 Å². The number of hydrogen-bond acceptors (Lipinski definition) is 5. The molecule has 0 saturated carbocycles. The summed E-state index contributed by atoms with van der Waals surface area (Å²) < 4.78 is 24.3. The quantitative estimate of drug-likeness (QED) is 0.625. The fourth-order valence-electron chi connectivity index (χ4n) is 1.55. The topological polar surface area (TPSA) is 100 Å². The van der Waals surface area contributed by atoms with Crippen molar-refractivity contribution >= 4 is 15.5 Å². The van der Waals surface area contributed by atoms with E-state index < -0.39 is 26.2 Å². The van der Waals surface area contributed by atoms with E-state index in [9.17, 15) is 23.6 Å². The number of nitro benzene ring substituents is 1. The normalized spacial score (nSPS) is 11.2. The molecule has 7 heteroatoms. The molecular weight excluding hydrogens is 270 g/mol. The second-order valence-corrected chi connectivity index (χ2v) is 5.65. The van der Waals surface area contributed by atoms with Gasteiger partial charge in [0, 0.05) is 6.07 Å². The molecule has 0 aliphatic rings. The van der Waals surface area contributed by atoms with Crippen LogP contribution < -0.4 is 5.11 Å². The van der Waals surface area contributed by atoms with Crippen LogP contribution in [0.2, 0.25) is 0 Å². The maximum Gasteiger partial charge on any atom is 0.261 e. The monoisotopic (exact) mass is 278 g/mol. The number of nitro groups is 1. The highest BCUT2D eigenvalue weighted by Crippen LogP contribution is 2.28. The van der Waals surface area contributed by atoms with Crippen molar-refractivity contribution in [3.8, 4) is 5.75 Å². The summed E-state index contributed by atoms with van der Waals surface area (Å²) >= 11 is 0. The lowest BCUT2D eigenvalue weighted by molar-refractivity contribution is -0.398. The lowest BCUT2D eigenvalue weighted by Crippen LogP contribution is -2.04. The van der Waals surface area contributed by atoms with Gasteiger partial charge in [-0.15, -0.1) is 0 Å². The van der Waals surface area contributed by atoms with Gasteiger partial charge in [-0.2, -0.15) is 0 Å². The third-order valence-corrected chi connectivity index (χ3v) is 4.26. The maximum atomic E-state index is 12.2. The van der Waals surface area contributed by atoms with E-state index >= 15 is 0 Å². The summed E-state index contributed by atoms with van der Waals surface area (Å²) in [7, 11) is -3.83. The van der Waals surface area contributed by atoms with Crippen LogP contribution in [0.3, 0.4) is 0 Å². The first kappa shape index (κ1) is 13.0. The molecule has 0 heterocycles. The van der Waals surface area contributed by atoms with Crippen LogP contribution in [-0.2, 0) is 9.84 Å².